The summed E-state index contributed by atoms with van der Waals surface area (Å²) >= 11 is 1.76. The Balaban J connectivity index is 2.38. The Morgan fingerprint density at radius 2 is 2.05 bits per heavy atom. The fourth-order valence-electron chi connectivity index (χ4n) is 2.11. The van der Waals surface area contributed by atoms with Crippen molar-refractivity contribution in [2.24, 2.45) is 11.3 Å². The molecule has 0 fully saturated rings. The maximum absolute atomic E-state index is 4.69. The summed E-state index contributed by atoms with van der Waals surface area (Å²) in [5, 5.41) is 6.82. The lowest BCUT2D eigenvalue weighted by molar-refractivity contribution is 0.219. The van der Waals surface area contributed by atoms with Gasteiger partial charge in [-0.05, 0) is 24.9 Å². The highest BCUT2D eigenvalue weighted by Gasteiger charge is 2.14. The largest absolute Gasteiger partial charge is 0.310 e. The average molecular weight is 283 g/mol. The Morgan fingerprint density at radius 1 is 1.37 bits per heavy atom. The molecule has 0 aliphatic heterocycles. The third-order valence-electron chi connectivity index (χ3n) is 2.60. The van der Waals surface area contributed by atoms with E-state index >= 15 is 0 Å². The number of nitrogens with zero attached hydrogens (tertiary/aromatic N) is 2. The first-order chi connectivity index (χ1) is 8.76. The van der Waals surface area contributed by atoms with Crippen LogP contribution in [0.3, 0.4) is 0 Å². The number of hydrogen-bond acceptors (Lipinski definition) is 4. The first-order valence-corrected chi connectivity index (χ1v) is 7.97. The van der Waals surface area contributed by atoms with Crippen LogP contribution in [0.4, 0.5) is 0 Å². The third-order valence-corrected chi connectivity index (χ3v) is 3.50. The number of rotatable bonds is 7. The van der Waals surface area contributed by atoms with Crippen LogP contribution in [0.2, 0.25) is 0 Å². The van der Waals surface area contributed by atoms with Crippen LogP contribution in [-0.4, -0.2) is 30.0 Å². The first kappa shape index (κ1) is 16.6. The third kappa shape index (κ3) is 7.65. The van der Waals surface area contributed by atoms with E-state index in [2.05, 4.69) is 57.3 Å². The molecule has 0 amide bonds. The van der Waals surface area contributed by atoms with Gasteiger partial charge >= 0.3 is 0 Å². The molecule has 1 aromatic rings. The number of hydrogen-bond donors (Lipinski definition) is 1. The minimum atomic E-state index is 0.340. The summed E-state index contributed by atoms with van der Waals surface area (Å²) in [6, 6.07) is 0. The SMILES string of the molecule is CC(C)CNCc1nc(CN(C)CC(C)(C)C)cs1. The number of nitrogens with one attached hydrogen (secondary N) is 1. The van der Waals surface area contributed by atoms with Crippen molar-refractivity contribution in [2.45, 2.75) is 47.7 Å². The van der Waals surface area contributed by atoms with Gasteiger partial charge in [0.2, 0.25) is 0 Å². The second kappa shape index (κ2) is 7.36. The van der Waals surface area contributed by atoms with Crippen molar-refractivity contribution in [1.29, 1.82) is 0 Å². The van der Waals surface area contributed by atoms with Gasteiger partial charge in [-0.2, -0.15) is 0 Å². The van der Waals surface area contributed by atoms with Crippen LogP contribution in [0.15, 0.2) is 5.38 Å². The average Bonchev–Trinajstić information content (AvgIpc) is 2.61. The Labute approximate surface area is 122 Å². The summed E-state index contributed by atoms with van der Waals surface area (Å²) in [6.07, 6.45) is 0. The molecule has 0 bridgehead atoms. The molecule has 0 radical (unpaired) electrons. The van der Waals surface area contributed by atoms with Crippen molar-refractivity contribution in [1.82, 2.24) is 15.2 Å². The predicted octanol–water partition coefficient (Wildman–Crippen LogP) is 3.37. The number of aromatic nitrogens is 1. The van der Waals surface area contributed by atoms with Crippen molar-refractivity contribution in [2.75, 3.05) is 20.1 Å². The van der Waals surface area contributed by atoms with Crippen LogP contribution in [0.5, 0.6) is 0 Å². The molecule has 0 aromatic carbocycles. The normalized spacial score (nSPS) is 12.6. The van der Waals surface area contributed by atoms with Gasteiger partial charge < -0.3 is 5.32 Å². The van der Waals surface area contributed by atoms with Gasteiger partial charge in [-0.15, -0.1) is 11.3 Å². The maximum atomic E-state index is 4.69. The van der Waals surface area contributed by atoms with Crippen LogP contribution in [0.1, 0.15) is 45.3 Å². The summed E-state index contributed by atoms with van der Waals surface area (Å²) in [7, 11) is 2.17. The Morgan fingerprint density at radius 3 is 2.63 bits per heavy atom. The molecule has 1 N–H and O–H groups in total. The standard InChI is InChI=1S/C15H29N3S/c1-12(2)7-16-8-14-17-13(10-19-14)9-18(6)11-15(3,4)5/h10,12,16H,7-9,11H2,1-6H3. The monoisotopic (exact) mass is 283 g/mol. The van der Waals surface area contributed by atoms with Gasteiger partial charge in [-0.1, -0.05) is 34.6 Å². The zero-order valence-electron chi connectivity index (χ0n) is 13.3. The summed E-state index contributed by atoms with van der Waals surface area (Å²) in [5.74, 6) is 0.692. The van der Waals surface area contributed by atoms with Gasteiger partial charge in [0.25, 0.3) is 0 Å². The lowest BCUT2D eigenvalue weighted by Gasteiger charge is -2.25. The quantitative estimate of drug-likeness (QED) is 0.831. The van der Waals surface area contributed by atoms with Crippen molar-refractivity contribution in [3.8, 4) is 0 Å². The lowest BCUT2D eigenvalue weighted by atomic mass is 9.96. The highest BCUT2D eigenvalue weighted by Crippen LogP contribution is 2.17. The van der Waals surface area contributed by atoms with E-state index in [-0.39, 0.29) is 0 Å². The molecule has 3 nitrogen and oxygen atoms in total. The molecule has 1 rings (SSSR count). The molecule has 19 heavy (non-hydrogen) atoms. The maximum Gasteiger partial charge on any atom is 0.107 e. The Kier molecular flexibility index (Phi) is 6.43. The van der Waals surface area contributed by atoms with E-state index in [1.54, 1.807) is 11.3 Å². The van der Waals surface area contributed by atoms with Gasteiger partial charge in [-0.25, -0.2) is 4.98 Å². The van der Waals surface area contributed by atoms with E-state index < -0.39 is 0 Å². The topological polar surface area (TPSA) is 28.2 Å². The molecule has 1 heterocycles. The van der Waals surface area contributed by atoms with E-state index in [4.69, 9.17) is 4.98 Å². The summed E-state index contributed by atoms with van der Waals surface area (Å²) < 4.78 is 0. The van der Waals surface area contributed by atoms with E-state index in [0.717, 1.165) is 26.2 Å². The zero-order chi connectivity index (χ0) is 14.5. The Bertz CT molecular complexity index is 366. The second-order valence-corrected chi connectivity index (χ2v) is 7.93. The van der Waals surface area contributed by atoms with E-state index in [0.29, 0.717) is 11.3 Å². The van der Waals surface area contributed by atoms with Crippen molar-refractivity contribution < 1.29 is 0 Å². The molecule has 1 aromatic heterocycles. The van der Waals surface area contributed by atoms with E-state index in [9.17, 15) is 0 Å². The fourth-order valence-corrected chi connectivity index (χ4v) is 2.87. The zero-order valence-corrected chi connectivity index (χ0v) is 14.1. The van der Waals surface area contributed by atoms with Crippen LogP contribution >= 0.6 is 11.3 Å². The molecule has 0 spiro atoms. The van der Waals surface area contributed by atoms with Crippen molar-refractivity contribution in [3.63, 3.8) is 0 Å². The summed E-state index contributed by atoms with van der Waals surface area (Å²) in [5.41, 5.74) is 1.53. The van der Waals surface area contributed by atoms with Gasteiger partial charge in [0, 0.05) is 25.0 Å². The molecule has 0 atom stereocenters. The first-order valence-electron chi connectivity index (χ1n) is 7.09. The molecular weight excluding hydrogens is 254 g/mol. The van der Waals surface area contributed by atoms with Gasteiger partial charge in [0.05, 0.1) is 5.69 Å². The summed E-state index contributed by atoms with van der Waals surface area (Å²) in [6.45, 7) is 15.2. The highest BCUT2D eigenvalue weighted by molar-refractivity contribution is 7.09. The molecular formula is C15H29N3S. The summed E-state index contributed by atoms with van der Waals surface area (Å²) in [4.78, 5) is 7.04. The van der Waals surface area contributed by atoms with Crippen LogP contribution in [-0.2, 0) is 13.1 Å². The van der Waals surface area contributed by atoms with Gasteiger partial charge in [0.1, 0.15) is 5.01 Å². The molecule has 0 unspecified atom stereocenters. The van der Waals surface area contributed by atoms with Crippen molar-refractivity contribution >= 4 is 11.3 Å². The minimum Gasteiger partial charge on any atom is -0.310 e. The Hall–Kier alpha value is -0.450. The smallest absolute Gasteiger partial charge is 0.107 e. The van der Waals surface area contributed by atoms with Crippen LogP contribution in [0, 0.1) is 11.3 Å². The van der Waals surface area contributed by atoms with Crippen molar-refractivity contribution in [3.05, 3.63) is 16.1 Å². The van der Waals surface area contributed by atoms with Gasteiger partial charge in [-0.3, -0.25) is 4.90 Å². The predicted molar refractivity (Wildman–Crippen MR) is 84.4 cm³/mol. The minimum absolute atomic E-state index is 0.340. The van der Waals surface area contributed by atoms with E-state index in [1.165, 1.54) is 10.7 Å². The molecule has 0 saturated carbocycles. The second-order valence-electron chi connectivity index (χ2n) is 6.99. The fraction of sp³-hybridized carbons (Fsp3) is 0.800. The molecule has 0 saturated heterocycles. The molecule has 0 aliphatic rings. The van der Waals surface area contributed by atoms with E-state index in [1.807, 2.05) is 0 Å². The molecule has 110 valence electrons. The molecule has 4 heteroatoms. The molecule has 0 aliphatic carbocycles. The lowest BCUT2D eigenvalue weighted by Crippen LogP contribution is -2.29. The highest BCUT2D eigenvalue weighted by atomic mass is 32.1. The van der Waals surface area contributed by atoms with Gasteiger partial charge in [0.15, 0.2) is 0 Å². The van der Waals surface area contributed by atoms with Crippen LogP contribution in [0.25, 0.3) is 0 Å². The van der Waals surface area contributed by atoms with Crippen LogP contribution < -0.4 is 5.32 Å². The number of thiazole rings is 1.